The predicted molar refractivity (Wildman–Crippen MR) is 101 cm³/mol. The molecule has 0 heterocycles. The van der Waals surface area contributed by atoms with E-state index in [1.165, 1.54) is 12.1 Å². The highest BCUT2D eigenvalue weighted by molar-refractivity contribution is 6.30. The number of carbonyl (C=O) groups is 1. The highest BCUT2D eigenvalue weighted by atomic mass is 35.5. The number of phenolic OH excluding ortho intramolecular Hbond substituents is 1. The summed E-state index contributed by atoms with van der Waals surface area (Å²) in [5, 5.41) is 18.7. The summed E-state index contributed by atoms with van der Waals surface area (Å²) in [6, 6.07) is 13.7. The van der Waals surface area contributed by atoms with Crippen LogP contribution in [0.4, 0.5) is 5.69 Å². The molecule has 0 unspecified atom stereocenters. The average Bonchev–Trinajstić information content (AvgIpc) is 2.61. The lowest BCUT2D eigenvalue weighted by atomic mass is 10.2. The van der Waals surface area contributed by atoms with Gasteiger partial charge < -0.3 is 21.1 Å². The molecule has 0 aromatic heterocycles. The van der Waals surface area contributed by atoms with Crippen LogP contribution in [0.15, 0.2) is 53.5 Å². The standard InChI is InChI=1S/C18H21ClN4O2/c1-2-20-18(21-11-13-3-5-14(19)6-4-13)22-12-17(25)23-15-7-9-16(24)10-8-15/h3-10,24H,2,11-12H2,1H3,(H,23,25)(H2,20,21,22). The van der Waals surface area contributed by atoms with E-state index in [1.54, 1.807) is 12.1 Å². The molecule has 0 saturated carbocycles. The Hall–Kier alpha value is -2.73. The first-order valence-corrected chi connectivity index (χ1v) is 8.30. The molecular weight excluding hydrogens is 340 g/mol. The van der Waals surface area contributed by atoms with E-state index in [0.29, 0.717) is 29.8 Å². The molecule has 0 saturated heterocycles. The molecule has 6 nitrogen and oxygen atoms in total. The number of guanidine groups is 1. The van der Waals surface area contributed by atoms with E-state index in [4.69, 9.17) is 11.6 Å². The fraction of sp³-hybridized carbons (Fsp3) is 0.222. The lowest BCUT2D eigenvalue weighted by Gasteiger charge is -2.11. The van der Waals surface area contributed by atoms with Crippen molar-refractivity contribution in [2.45, 2.75) is 13.5 Å². The maximum Gasteiger partial charge on any atom is 0.243 e. The number of hydrogen-bond donors (Lipinski definition) is 4. The fourth-order valence-electron chi connectivity index (χ4n) is 2.02. The van der Waals surface area contributed by atoms with Gasteiger partial charge >= 0.3 is 0 Å². The van der Waals surface area contributed by atoms with Gasteiger partial charge in [-0.1, -0.05) is 23.7 Å². The zero-order valence-electron chi connectivity index (χ0n) is 13.9. The molecule has 0 spiro atoms. The van der Waals surface area contributed by atoms with Gasteiger partial charge in [0.1, 0.15) is 5.75 Å². The number of nitrogens with zero attached hydrogens (tertiary/aromatic N) is 1. The van der Waals surface area contributed by atoms with Gasteiger partial charge in [-0.05, 0) is 48.9 Å². The SMILES string of the molecule is CCNC(=NCc1ccc(Cl)cc1)NCC(=O)Nc1ccc(O)cc1. The Morgan fingerprint density at radius 2 is 1.76 bits per heavy atom. The van der Waals surface area contributed by atoms with E-state index in [9.17, 15) is 9.90 Å². The molecule has 0 fully saturated rings. The molecule has 0 atom stereocenters. The van der Waals surface area contributed by atoms with Crippen molar-refractivity contribution >= 4 is 29.2 Å². The predicted octanol–water partition coefficient (Wildman–Crippen LogP) is 2.74. The van der Waals surface area contributed by atoms with Gasteiger partial charge in [0.05, 0.1) is 13.1 Å². The summed E-state index contributed by atoms with van der Waals surface area (Å²) < 4.78 is 0. The van der Waals surface area contributed by atoms with Crippen molar-refractivity contribution in [3.63, 3.8) is 0 Å². The first-order chi connectivity index (χ1) is 12.1. The number of carbonyl (C=O) groups excluding carboxylic acids is 1. The molecule has 2 aromatic rings. The van der Waals surface area contributed by atoms with E-state index in [0.717, 1.165) is 5.56 Å². The molecule has 1 amide bonds. The van der Waals surface area contributed by atoms with Crippen LogP contribution < -0.4 is 16.0 Å². The first kappa shape index (κ1) is 18.6. The zero-order chi connectivity index (χ0) is 18.1. The van der Waals surface area contributed by atoms with Crippen LogP contribution in [0.2, 0.25) is 5.02 Å². The molecule has 0 bridgehead atoms. The average molecular weight is 361 g/mol. The number of rotatable bonds is 6. The number of amides is 1. The van der Waals surface area contributed by atoms with Crippen molar-refractivity contribution in [3.05, 3.63) is 59.1 Å². The normalized spacial score (nSPS) is 11.0. The second-order valence-corrected chi connectivity index (χ2v) is 5.71. The summed E-state index contributed by atoms with van der Waals surface area (Å²) >= 11 is 5.86. The van der Waals surface area contributed by atoms with Gasteiger partial charge in [0, 0.05) is 17.3 Å². The van der Waals surface area contributed by atoms with Gasteiger partial charge in [-0.25, -0.2) is 4.99 Å². The van der Waals surface area contributed by atoms with Gasteiger partial charge in [0.15, 0.2) is 5.96 Å². The van der Waals surface area contributed by atoms with Crippen LogP contribution in [0.1, 0.15) is 12.5 Å². The number of benzene rings is 2. The molecule has 0 aliphatic rings. The molecule has 0 aliphatic heterocycles. The summed E-state index contributed by atoms with van der Waals surface area (Å²) in [6.07, 6.45) is 0. The molecule has 2 rings (SSSR count). The van der Waals surface area contributed by atoms with Crippen LogP contribution in [-0.4, -0.2) is 30.1 Å². The first-order valence-electron chi connectivity index (χ1n) is 7.92. The number of anilines is 1. The maximum absolute atomic E-state index is 12.0. The number of nitrogens with one attached hydrogen (secondary N) is 3. The van der Waals surface area contributed by atoms with Crippen LogP contribution in [0.3, 0.4) is 0 Å². The summed E-state index contributed by atoms with van der Waals surface area (Å²) in [7, 11) is 0. The third kappa shape index (κ3) is 6.73. The van der Waals surface area contributed by atoms with E-state index >= 15 is 0 Å². The summed E-state index contributed by atoms with van der Waals surface area (Å²) in [6.45, 7) is 3.20. The molecule has 7 heteroatoms. The number of phenols is 1. The van der Waals surface area contributed by atoms with Gasteiger partial charge in [-0.2, -0.15) is 0 Å². The lowest BCUT2D eigenvalue weighted by Crippen LogP contribution is -2.41. The van der Waals surface area contributed by atoms with Crippen molar-refractivity contribution in [1.82, 2.24) is 10.6 Å². The second kappa shape index (κ2) is 9.54. The maximum atomic E-state index is 12.0. The van der Waals surface area contributed by atoms with Crippen LogP contribution in [-0.2, 0) is 11.3 Å². The van der Waals surface area contributed by atoms with Crippen molar-refractivity contribution < 1.29 is 9.90 Å². The molecule has 0 aliphatic carbocycles. The highest BCUT2D eigenvalue weighted by Gasteiger charge is 2.04. The van der Waals surface area contributed by atoms with Crippen LogP contribution in [0, 0.1) is 0 Å². The number of halogens is 1. The van der Waals surface area contributed by atoms with Gasteiger partial charge in [-0.15, -0.1) is 0 Å². The molecule has 132 valence electrons. The molecule has 4 N–H and O–H groups in total. The highest BCUT2D eigenvalue weighted by Crippen LogP contribution is 2.13. The van der Waals surface area contributed by atoms with Crippen LogP contribution >= 0.6 is 11.6 Å². The quantitative estimate of drug-likeness (QED) is 0.362. The Kier molecular flexibility index (Phi) is 7.10. The third-order valence-electron chi connectivity index (χ3n) is 3.24. The topological polar surface area (TPSA) is 85.8 Å². The minimum absolute atomic E-state index is 0.0767. The fourth-order valence-corrected chi connectivity index (χ4v) is 2.14. The Morgan fingerprint density at radius 1 is 1.08 bits per heavy atom. The minimum Gasteiger partial charge on any atom is -0.508 e. The van der Waals surface area contributed by atoms with Crippen molar-refractivity contribution in [2.24, 2.45) is 4.99 Å². The summed E-state index contributed by atoms with van der Waals surface area (Å²) in [5.41, 5.74) is 1.64. The number of hydrogen-bond acceptors (Lipinski definition) is 3. The number of aliphatic imine (C=N–C) groups is 1. The summed E-state index contributed by atoms with van der Waals surface area (Å²) in [4.78, 5) is 16.4. The van der Waals surface area contributed by atoms with Crippen molar-refractivity contribution in [3.8, 4) is 5.75 Å². The van der Waals surface area contributed by atoms with Gasteiger partial charge in [-0.3, -0.25) is 4.79 Å². The van der Waals surface area contributed by atoms with Crippen LogP contribution in [0.5, 0.6) is 5.75 Å². The van der Waals surface area contributed by atoms with Crippen molar-refractivity contribution in [2.75, 3.05) is 18.4 Å². The largest absolute Gasteiger partial charge is 0.508 e. The minimum atomic E-state index is -0.206. The van der Waals surface area contributed by atoms with Crippen molar-refractivity contribution in [1.29, 1.82) is 0 Å². The molecule has 2 aromatic carbocycles. The lowest BCUT2D eigenvalue weighted by molar-refractivity contribution is -0.115. The van der Waals surface area contributed by atoms with Gasteiger partial charge in [0.2, 0.25) is 5.91 Å². The monoisotopic (exact) mass is 360 g/mol. The van der Waals surface area contributed by atoms with E-state index in [1.807, 2.05) is 31.2 Å². The third-order valence-corrected chi connectivity index (χ3v) is 3.50. The Labute approximate surface area is 151 Å². The van der Waals surface area contributed by atoms with E-state index in [-0.39, 0.29) is 18.2 Å². The van der Waals surface area contributed by atoms with Crippen LogP contribution in [0.25, 0.3) is 0 Å². The second-order valence-electron chi connectivity index (χ2n) is 5.27. The Morgan fingerprint density at radius 3 is 2.40 bits per heavy atom. The Bertz CT molecular complexity index is 715. The molecule has 25 heavy (non-hydrogen) atoms. The Balaban J connectivity index is 1.87. The van der Waals surface area contributed by atoms with E-state index < -0.39 is 0 Å². The zero-order valence-corrected chi connectivity index (χ0v) is 14.7. The number of aromatic hydroxyl groups is 1. The van der Waals surface area contributed by atoms with Gasteiger partial charge in [0.25, 0.3) is 0 Å². The van der Waals surface area contributed by atoms with E-state index in [2.05, 4.69) is 20.9 Å². The smallest absolute Gasteiger partial charge is 0.243 e. The molecular formula is C18H21ClN4O2. The summed E-state index contributed by atoms with van der Waals surface area (Å²) in [5.74, 6) is 0.501. The molecule has 0 radical (unpaired) electrons.